The Morgan fingerprint density at radius 3 is 2.79 bits per heavy atom. The molecule has 6 heteroatoms. The molecule has 0 aliphatic carbocycles. The van der Waals surface area contributed by atoms with Crippen LogP contribution in [0, 0.1) is 10.1 Å². The number of nitrogens with zero attached hydrogens (tertiary/aromatic N) is 4. The maximum Gasteiger partial charge on any atom is 0.287 e. The summed E-state index contributed by atoms with van der Waals surface area (Å²) in [6.07, 6.45) is 3.62. The van der Waals surface area contributed by atoms with E-state index in [1.807, 2.05) is 0 Å². The van der Waals surface area contributed by atoms with Crippen LogP contribution < -0.4 is 4.90 Å². The van der Waals surface area contributed by atoms with Crippen molar-refractivity contribution in [1.82, 2.24) is 9.88 Å². The van der Waals surface area contributed by atoms with Gasteiger partial charge in [-0.3, -0.25) is 10.1 Å². The average Bonchev–Trinajstić information content (AvgIpc) is 2.65. The van der Waals surface area contributed by atoms with E-state index in [1.54, 1.807) is 6.07 Å². The second kappa shape index (κ2) is 6.47. The first-order valence-corrected chi connectivity index (χ1v) is 6.78. The number of hydrogen-bond acceptors (Lipinski definition) is 5. The second-order valence-corrected chi connectivity index (χ2v) is 4.81. The molecule has 0 N–H and O–H groups in total. The van der Waals surface area contributed by atoms with E-state index in [4.69, 9.17) is 0 Å². The molecule has 6 nitrogen and oxygen atoms in total. The van der Waals surface area contributed by atoms with Crippen LogP contribution in [0.25, 0.3) is 0 Å². The van der Waals surface area contributed by atoms with Gasteiger partial charge in [-0.15, -0.1) is 0 Å². The van der Waals surface area contributed by atoms with Crippen LogP contribution in [-0.4, -0.2) is 47.5 Å². The monoisotopic (exact) mass is 264 g/mol. The van der Waals surface area contributed by atoms with E-state index in [2.05, 4.69) is 21.7 Å². The fourth-order valence-corrected chi connectivity index (χ4v) is 2.41. The van der Waals surface area contributed by atoms with E-state index in [1.165, 1.54) is 18.7 Å². The molecular formula is C13H20N4O2. The van der Waals surface area contributed by atoms with E-state index in [9.17, 15) is 10.1 Å². The molecule has 1 aliphatic rings. The summed E-state index contributed by atoms with van der Waals surface area (Å²) in [5, 5.41) is 10.6. The smallest absolute Gasteiger partial charge is 0.287 e. The van der Waals surface area contributed by atoms with Crippen LogP contribution >= 0.6 is 0 Å². The molecule has 1 aliphatic heterocycles. The van der Waals surface area contributed by atoms with Crippen LogP contribution in [0.15, 0.2) is 18.3 Å². The summed E-state index contributed by atoms with van der Waals surface area (Å²) in [5.41, 5.74) is 0.0474. The lowest BCUT2D eigenvalue weighted by atomic mass is 10.3. The average molecular weight is 264 g/mol. The molecule has 1 aromatic heterocycles. The summed E-state index contributed by atoms with van der Waals surface area (Å²) in [4.78, 5) is 19.1. The molecule has 1 saturated heterocycles. The molecule has 2 heterocycles. The molecule has 0 atom stereocenters. The van der Waals surface area contributed by atoms with Gasteiger partial charge in [0.2, 0.25) is 0 Å². The van der Waals surface area contributed by atoms with E-state index >= 15 is 0 Å². The van der Waals surface area contributed by atoms with Gasteiger partial charge >= 0.3 is 0 Å². The molecular weight excluding hydrogens is 244 g/mol. The van der Waals surface area contributed by atoms with Crippen LogP contribution in [0.3, 0.4) is 0 Å². The predicted octanol–water partition coefficient (Wildman–Crippen LogP) is 1.91. The fraction of sp³-hybridized carbons (Fsp3) is 0.615. The molecule has 1 aromatic rings. The van der Waals surface area contributed by atoms with Crippen molar-refractivity contribution in [2.75, 3.05) is 37.6 Å². The summed E-state index contributed by atoms with van der Waals surface area (Å²) in [6.45, 7) is 7.39. The van der Waals surface area contributed by atoms with Crippen LogP contribution in [0.2, 0.25) is 0 Å². The fourth-order valence-electron chi connectivity index (χ4n) is 2.41. The van der Waals surface area contributed by atoms with Crippen LogP contribution in [0.1, 0.15) is 19.8 Å². The summed E-state index contributed by atoms with van der Waals surface area (Å²) >= 11 is 0. The van der Waals surface area contributed by atoms with Crippen molar-refractivity contribution in [3.63, 3.8) is 0 Å². The summed E-state index contributed by atoms with van der Waals surface area (Å²) in [7, 11) is 0. The molecule has 0 amide bonds. The molecule has 0 saturated carbocycles. The molecule has 19 heavy (non-hydrogen) atoms. The highest BCUT2D eigenvalue weighted by molar-refractivity contribution is 5.43. The van der Waals surface area contributed by atoms with Crippen molar-refractivity contribution < 1.29 is 4.92 Å². The molecule has 104 valence electrons. The van der Waals surface area contributed by atoms with Crippen molar-refractivity contribution >= 4 is 11.5 Å². The van der Waals surface area contributed by atoms with E-state index in [-0.39, 0.29) is 5.69 Å². The first-order chi connectivity index (χ1) is 9.20. The van der Waals surface area contributed by atoms with Crippen molar-refractivity contribution in [3.05, 3.63) is 28.4 Å². The zero-order valence-corrected chi connectivity index (χ0v) is 11.3. The summed E-state index contributed by atoms with van der Waals surface area (Å²) in [5.74, 6) is 0.837. The minimum Gasteiger partial charge on any atom is -0.355 e. The lowest BCUT2D eigenvalue weighted by Gasteiger charge is -2.22. The number of aromatic nitrogens is 1. The van der Waals surface area contributed by atoms with Crippen LogP contribution in [0.5, 0.6) is 0 Å². The number of hydrogen-bond donors (Lipinski definition) is 0. The van der Waals surface area contributed by atoms with Gasteiger partial charge in [0.15, 0.2) is 0 Å². The maximum absolute atomic E-state index is 10.6. The van der Waals surface area contributed by atoms with Crippen molar-refractivity contribution in [1.29, 1.82) is 0 Å². The molecule has 1 fully saturated rings. The third-order valence-electron chi connectivity index (χ3n) is 3.40. The molecule has 2 rings (SSSR count). The van der Waals surface area contributed by atoms with Gasteiger partial charge in [0.1, 0.15) is 12.0 Å². The molecule has 0 bridgehead atoms. The van der Waals surface area contributed by atoms with Gasteiger partial charge in [0.25, 0.3) is 5.69 Å². The zero-order valence-electron chi connectivity index (χ0n) is 11.3. The Hall–Kier alpha value is -1.69. The Labute approximate surface area is 113 Å². The minimum atomic E-state index is -0.414. The standard InChI is InChI=1S/C13H20N4O2/c1-2-6-15-7-3-8-16(10-9-15)13-5-4-12(11-14-13)17(18)19/h4-5,11H,2-3,6-10H2,1H3. The van der Waals surface area contributed by atoms with Crippen LogP contribution in [-0.2, 0) is 0 Å². The minimum absolute atomic E-state index is 0.0474. The molecule has 0 radical (unpaired) electrons. The van der Waals surface area contributed by atoms with Crippen molar-refractivity contribution in [3.8, 4) is 0 Å². The number of nitro groups is 1. The predicted molar refractivity (Wildman–Crippen MR) is 74.5 cm³/mol. The lowest BCUT2D eigenvalue weighted by Crippen LogP contribution is -2.31. The zero-order chi connectivity index (χ0) is 13.7. The highest BCUT2D eigenvalue weighted by Crippen LogP contribution is 2.17. The Morgan fingerprint density at radius 1 is 1.32 bits per heavy atom. The van der Waals surface area contributed by atoms with Gasteiger partial charge < -0.3 is 9.80 Å². The van der Waals surface area contributed by atoms with Crippen LogP contribution in [0.4, 0.5) is 11.5 Å². The Kier molecular flexibility index (Phi) is 4.68. The van der Waals surface area contributed by atoms with E-state index < -0.39 is 4.92 Å². The Morgan fingerprint density at radius 2 is 2.16 bits per heavy atom. The van der Waals surface area contributed by atoms with Gasteiger partial charge in [-0.2, -0.15) is 0 Å². The van der Waals surface area contributed by atoms with Crippen molar-refractivity contribution in [2.24, 2.45) is 0 Å². The Bertz CT molecular complexity index is 421. The lowest BCUT2D eigenvalue weighted by molar-refractivity contribution is -0.385. The largest absolute Gasteiger partial charge is 0.355 e. The summed E-state index contributed by atoms with van der Waals surface area (Å²) in [6, 6.07) is 3.27. The van der Waals surface area contributed by atoms with Gasteiger partial charge in [-0.05, 0) is 32.0 Å². The maximum atomic E-state index is 10.6. The third kappa shape index (κ3) is 3.64. The normalized spacial score (nSPS) is 17.2. The number of pyridine rings is 1. The van der Waals surface area contributed by atoms with E-state index in [0.29, 0.717) is 0 Å². The summed E-state index contributed by atoms with van der Waals surface area (Å²) < 4.78 is 0. The van der Waals surface area contributed by atoms with Gasteiger partial charge in [-0.25, -0.2) is 4.98 Å². The number of rotatable bonds is 4. The van der Waals surface area contributed by atoms with Crippen molar-refractivity contribution in [2.45, 2.75) is 19.8 Å². The topological polar surface area (TPSA) is 62.5 Å². The molecule has 0 spiro atoms. The number of anilines is 1. The Balaban J connectivity index is 1.99. The quantitative estimate of drug-likeness (QED) is 0.614. The van der Waals surface area contributed by atoms with Gasteiger partial charge in [0, 0.05) is 25.7 Å². The molecule has 0 aromatic carbocycles. The highest BCUT2D eigenvalue weighted by Gasteiger charge is 2.16. The third-order valence-corrected chi connectivity index (χ3v) is 3.40. The SMILES string of the molecule is CCCN1CCCN(c2ccc([N+](=O)[O-])cn2)CC1. The first kappa shape index (κ1) is 13.7. The first-order valence-electron chi connectivity index (χ1n) is 6.78. The molecule has 0 unspecified atom stereocenters. The van der Waals surface area contributed by atoms with Gasteiger partial charge in [-0.1, -0.05) is 6.92 Å². The van der Waals surface area contributed by atoms with Gasteiger partial charge in [0.05, 0.1) is 4.92 Å². The second-order valence-electron chi connectivity index (χ2n) is 4.81. The highest BCUT2D eigenvalue weighted by atomic mass is 16.6. The van der Waals surface area contributed by atoms with E-state index in [0.717, 1.165) is 45.0 Å².